The second-order valence-corrected chi connectivity index (χ2v) is 4.75. The minimum atomic E-state index is -0.359. The minimum absolute atomic E-state index is 0.115. The van der Waals surface area contributed by atoms with Gasteiger partial charge in [-0.25, -0.2) is 4.79 Å². The summed E-state index contributed by atoms with van der Waals surface area (Å²) < 4.78 is 5.11. The maximum Gasteiger partial charge on any atom is 0.336 e. The zero-order valence-electron chi connectivity index (χ0n) is 10.1. The standard InChI is InChI=1S/C14H15NO3/c16-11-3-4-12-10(9-15-5-1-2-6-15)7-14(17)18-13(12)8-11/h3-4,7-8,16H,1-2,5-6,9H2. The molecule has 1 aromatic carbocycles. The molecular formula is C14H15NO3. The molecule has 94 valence electrons. The van der Waals surface area contributed by atoms with Gasteiger partial charge in [-0.05, 0) is 43.6 Å². The van der Waals surface area contributed by atoms with Crippen LogP contribution >= 0.6 is 0 Å². The molecule has 1 N–H and O–H groups in total. The summed E-state index contributed by atoms with van der Waals surface area (Å²) in [4.78, 5) is 13.9. The van der Waals surface area contributed by atoms with E-state index in [2.05, 4.69) is 4.90 Å². The first-order valence-corrected chi connectivity index (χ1v) is 6.20. The normalized spacial score (nSPS) is 16.4. The Morgan fingerprint density at radius 2 is 2.00 bits per heavy atom. The lowest BCUT2D eigenvalue weighted by Crippen LogP contribution is -2.19. The van der Waals surface area contributed by atoms with Crippen LogP contribution < -0.4 is 5.63 Å². The molecule has 2 heterocycles. The third-order valence-electron chi connectivity index (χ3n) is 3.41. The van der Waals surface area contributed by atoms with Gasteiger partial charge in [0.15, 0.2) is 0 Å². The van der Waals surface area contributed by atoms with Crippen LogP contribution in [0, 0.1) is 0 Å². The van der Waals surface area contributed by atoms with Crippen LogP contribution in [-0.4, -0.2) is 23.1 Å². The molecule has 1 saturated heterocycles. The monoisotopic (exact) mass is 245 g/mol. The number of rotatable bonds is 2. The first kappa shape index (κ1) is 11.3. The number of benzene rings is 1. The highest BCUT2D eigenvalue weighted by Gasteiger charge is 2.14. The van der Waals surface area contributed by atoms with E-state index < -0.39 is 0 Å². The van der Waals surface area contributed by atoms with Gasteiger partial charge in [0.1, 0.15) is 11.3 Å². The number of fused-ring (bicyclic) bond motifs is 1. The molecule has 4 nitrogen and oxygen atoms in total. The molecular weight excluding hydrogens is 230 g/mol. The predicted octanol–water partition coefficient (Wildman–Crippen LogP) is 2.09. The molecule has 2 aromatic rings. The largest absolute Gasteiger partial charge is 0.508 e. The van der Waals surface area contributed by atoms with Gasteiger partial charge in [-0.3, -0.25) is 4.90 Å². The minimum Gasteiger partial charge on any atom is -0.508 e. The van der Waals surface area contributed by atoms with E-state index in [1.54, 1.807) is 18.2 Å². The van der Waals surface area contributed by atoms with Gasteiger partial charge in [-0.1, -0.05) is 0 Å². The van der Waals surface area contributed by atoms with Gasteiger partial charge in [-0.15, -0.1) is 0 Å². The summed E-state index contributed by atoms with van der Waals surface area (Å²) in [7, 11) is 0. The number of aromatic hydroxyl groups is 1. The van der Waals surface area contributed by atoms with Crippen molar-refractivity contribution in [1.29, 1.82) is 0 Å². The van der Waals surface area contributed by atoms with Crippen LogP contribution in [0.2, 0.25) is 0 Å². The molecule has 0 spiro atoms. The maximum absolute atomic E-state index is 11.5. The van der Waals surface area contributed by atoms with E-state index >= 15 is 0 Å². The fraction of sp³-hybridized carbons (Fsp3) is 0.357. The summed E-state index contributed by atoms with van der Waals surface area (Å²) in [5, 5.41) is 10.3. The Hall–Kier alpha value is -1.81. The average molecular weight is 245 g/mol. The molecule has 1 aliphatic rings. The Morgan fingerprint density at radius 1 is 1.22 bits per heavy atom. The van der Waals surface area contributed by atoms with Gasteiger partial charge in [0.25, 0.3) is 0 Å². The van der Waals surface area contributed by atoms with Crippen LogP contribution in [0.4, 0.5) is 0 Å². The van der Waals surface area contributed by atoms with E-state index in [9.17, 15) is 9.90 Å². The van der Waals surface area contributed by atoms with Crippen LogP contribution in [0.3, 0.4) is 0 Å². The molecule has 0 amide bonds. The van der Waals surface area contributed by atoms with Crippen molar-refractivity contribution < 1.29 is 9.52 Å². The average Bonchev–Trinajstić information content (AvgIpc) is 2.80. The smallest absolute Gasteiger partial charge is 0.336 e. The fourth-order valence-corrected chi connectivity index (χ4v) is 2.53. The summed E-state index contributed by atoms with van der Waals surface area (Å²) in [6.07, 6.45) is 2.44. The van der Waals surface area contributed by atoms with Gasteiger partial charge in [0.2, 0.25) is 0 Å². The molecule has 1 aliphatic heterocycles. The van der Waals surface area contributed by atoms with Crippen LogP contribution in [0.5, 0.6) is 5.75 Å². The highest BCUT2D eigenvalue weighted by atomic mass is 16.4. The van der Waals surface area contributed by atoms with E-state index in [-0.39, 0.29) is 11.4 Å². The van der Waals surface area contributed by atoms with Crippen molar-refractivity contribution in [3.8, 4) is 5.75 Å². The number of nitrogens with zero attached hydrogens (tertiary/aromatic N) is 1. The summed E-state index contributed by atoms with van der Waals surface area (Å²) in [5.74, 6) is 0.115. The van der Waals surface area contributed by atoms with Crippen LogP contribution in [0.25, 0.3) is 11.0 Å². The van der Waals surface area contributed by atoms with Crippen molar-refractivity contribution in [3.05, 3.63) is 40.2 Å². The third-order valence-corrected chi connectivity index (χ3v) is 3.41. The van der Waals surface area contributed by atoms with E-state index in [1.807, 2.05) is 0 Å². The van der Waals surface area contributed by atoms with Gasteiger partial charge in [-0.2, -0.15) is 0 Å². The maximum atomic E-state index is 11.5. The van der Waals surface area contributed by atoms with Crippen LogP contribution in [-0.2, 0) is 6.54 Å². The van der Waals surface area contributed by atoms with Crippen LogP contribution in [0.1, 0.15) is 18.4 Å². The molecule has 0 radical (unpaired) electrons. The second-order valence-electron chi connectivity index (χ2n) is 4.75. The predicted molar refractivity (Wildman–Crippen MR) is 68.7 cm³/mol. The molecule has 0 aliphatic carbocycles. The van der Waals surface area contributed by atoms with E-state index in [0.29, 0.717) is 5.58 Å². The number of likely N-dealkylation sites (tertiary alicyclic amines) is 1. The zero-order valence-corrected chi connectivity index (χ0v) is 10.1. The SMILES string of the molecule is O=c1cc(CN2CCCC2)c2ccc(O)cc2o1. The lowest BCUT2D eigenvalue weighted by molar-refractivity contribution is 0.331. The fourth-order valence-electron chi connectivity index (χ4n) is 2.53. The highest BCUT2D eigenvalue weighted by Crippen LogP contribution is 2.23. The Bertz CT molecular complexity index is 626. The molecule has 18 heavy (non-hydrogen) atoms. The molecule has 3 rings (SSSR count). The van der Waals surface area contributed by atoms with Crippen molar-refractivity contribution in [3.63, 3.8) is 0 Å². The van der Waals surface area contributed by atoms with Crippen molar-refractivity contribution in [2.75, 3.05) is 13.1 Å². The molecule has 4 heteroatoms. The second kappa shape index (κ2) is 4.46. The molecule has 0 unspecified atom stereocenters. The summed E-state index contributed by atoms with van der Waals surface area (Å²) in [6.45, 7) is 2.94. The van der Waals surface area contributed by atoms with Gasteiger partial charge in [0, 0.05) is 24.1 Å². The first-order valence-electron chi connectivity index (χ1n) is 6.20. The van der Waals surface area contributed by atoms with Gasteiger partial charge >= 0.3 is 5.63 Å². The number of hydrogen-bond donors (Lipinski definition) is 1. The lowest BCUT2D eigenvalue weighted by atomic mass is 10.1. The van der Waals surface area contributed by atoms with E-state index in [0.717, 1.165) is 30.6 Å². The highest BCUT2D eigenvalue weighted by molar-refractivity contribution is 5.81. The van der Waals surface area contributed by atoms with Crippen molar-refractivity contribution in [2.45, 2.75) is 19.4 Å². The zero-order chi connectivity index (χ0) is 12.5. The number of phenols is 1. The lowest BCUT2D eigenvalue weighted by Gasteiger charge is -2.15. The molecule has 1 fully saturated rings. The first-order chi connectivity index (χ1) is 8.72. The Balaban J connectivity index is 2.06. The molecule has 0 bridgehead atoms. The van der Waals surface area contributed by atoms with E-state index in [1.165, 1.54) is 18.9 Å². The molecule has 1 aromatic heterocycles. The topological polar surface area (TPSA) is 53.7 Å². The van der Waals surface area contributed by atoms with Crippen molar-refractivity contribution in [1.82, 2.24) is 4.90 Å². The summed E-state index contributed by atoms with van der Waals surface area (Å²) in [6, 6.07) is 6.47. The van der Waals surface area contributed by atoms with Gasteiger partial charge < -0.3 is 9.52 Å². The number of hydrogen-bond acceptors (Lipinski definition) is 4. The quantitative estimate of drug-likeness (QED) is 0.823. The van der Waals surface area contributed by atoms with Crippen molar-refractivity contribution in [2.24, 2.45) is 0 Å². The van der Waals surface area contributed by atoms with Crippen molar-refractivity contribution >= 4 is 11.0 Å². The Morgan fingerprint density at radius 3 is 2.78 bits per heavy atom. The van der Waals surface area contributed by atoms with E-state index in [4.69, 9.17) is 4.42 Å². The number of phenolic OH excluding ortho intramolecular Hbond substituents is 1. The summed E-state index contributed by atoms with van der Waals surface area (Å²) in [5.41, 5.74) is 1.07. The summed E-state index contributed by atoms with van der Waals surface area (Å²) >= 11 is 0. The third kappa shape index (κ3) is 2.11. The Labute approximate surface area is 104 Å². The molecule has 0 saturated carbocycles. The Kier molecular flexibility index (Phi) is 2.80. The van der Waals surface area contributed by atoms with Gasteiger partial charge in [0.05, 0.1) is 0 Å². The van der Waals surface area contributed by atoms with Crippen LogP contribution in [0.15, 0.2) is 33.5 Å². The molecule has 0 atom stereocenters.